The molecule has 266 valence electrons. The quantitative estimate of drug-likeness (QED) is 0.119. The highest BCUT2D eigenvalue weighted by Crippen LogP contribution is 2.44. The number of hydrogen-bond donors (Lipinski definition) is 5. The van der Waals surface area contributed by atoms with Crippen LogP contribution in [0.15, 0.2) is 59.1 Å². The molecule has 3 aliphatic rings. The molecule has 3 amide bonds. The maximum absolute atomic E-state index is 13.2. The Balaban J connectivity index is 1.61. The molecule has 5 N–H and O–H groups in total. The van der Waals surface area contributed by atoms with Gasteiger partial charge in [0.25, 0.3) is 0 Å². The summed E-state index contributed by atoms with van der Waals surface area (Å²) >= 11 is 1.29. The maximum Gasteiger partial charge on any atom is 0.328 e. The summed E-state index contributed by atoms with van der Waals surface area (Å²) < 4.78 is 11.4. The van der Waals surface area contributed by atoms with Gasteiger partial charge in [0.1, 0.15) is 17.9 Å². The fourth-order valence-corrected chi connectivity index (χ4v) is 7.14. The number of methoxy groups -OCH3 is 1. The Morgan fingerprint density at radius 1 is 1.04 bits per heavy atom. The monoisotopic (exact) mass is 695 g/mol. The van der Waals surface area contributed by atoms with Crippen LogP contribution in [0.5, 0.6) is 5.75 Å². The van der Waals surface area contributed by atoms with Gasteiger partial charge in [-0.2, -0.15) is 0 Å². The number of anilines is 2. The number of rotatable bonds is 5. The van der Waals surface area contributed by atoms with Gasteiger partial charge in [-0.3, -0.25) is 14.4 Å². The minimum absolute atomic E-state index is 0.0146. The molecule has 0 aromatic heterocycles. The van der Waals surface area contributed by atoms with Gasteiger partial charge >= 0.3 is 5.97 Å². The second kappa shape index (κ2) is 18.2. The first-order valence-corrected chi connectivity index (χ1v) is 18.0. The van der Waals surface area contributed by atoms with E-state index in [4.69, 9.17) is 9.47 Å². The number of aliphatic hydroxyl groups is 1. The molecule has 49 heavy (non-hydrogen) atoms. The lowest BCUT2D eigenvalue weighted by atomic mass is 9.88. The van der Waals surface area contributed by atoms with Crippen molar-refractivity contribution in [1.29, 1.82) is 0 Å². The minimum atomic E-state index is -1.01. The molecule has 1 saturated carbocycles. The van der Waals surface area contributed by atoms with Crippen LogP contribution in [0, 0.1) is 11.8 Å². The van der Waals surface area contributed by atoms with Gasteiger partial charge in [0.15, 0.2) is 0 Å². The molecule has 0 spiro atoms. The number of ether oxygens (including phenoxy) is 2. The van der Waals surface area contributed by atoms with Crippen LogP contribution in [0.4, 0.5) is 11.4 Å². The molecule has 12 heteroatoms. The van der Waals surface area contributed by atoms with E-state index in [1.807, 2.05) is 12.2 Å². The SMILES string of the molecule is CO[C@H]1/C=C/C=C/C=C/C[C@H](OC(=O)[C@H](C)NC(=O)C2CCCCC2)[C@H](C)[C@@H](O)/C(C)=C\Cc2c(O)c(cc3c2SCC(=O)N3)NC(=O)C1. The highest BCUT2D eigenvalue weighted by Gasteiger charge is 2.31. The van der Waals surface area contributed by atoms with Gasteiger partial charge in [-0.1, -0.05) is 68.7 Å². The average Bonchev–Trinajstić information content (AvgIpc) is 3.09. The normalized spacial score (nSPS) is 27.9. The Kier molecular flexibility index (Phi) is 14.1. The van der Waals surface area contributed by atoms with E-state index in [9.17, 15) is 29.4 Å². The predicted octanol–water partition coefficient (Wildman–Crippen LogP) is 5.33. The number of thioether (sulfide) groups is 1. The predicted molar refractivity (Wildman–Crippen MR) is 190 cm³/mol. The lowest BCUT2D eigenvalue weighted by Crippen LogP contribution is -2.45. The van der Waals surface area contributed by atoms with Crippen molar-refractivity contribution >= 4 is 46.8 Å². The van der Waals surface area contributed by atoms with Gasteiger partial charge in [0, 0.05) is 35.8 Å². The molecular weight excluding hydrogens is 646 g/mol. The average molecular weight is 696 g/mol. The number of aromatic hydroxyl groups is 1. The number of benzene rings is 1. The summed E-state index contributed by atoms with van der Waals surface area (Å²) in [5.74, 6) is -1.88. The number of allylic oxidation sites excluding steroid dienone is 5. The van der Waals surface area contributed by atoms with Crippen LogP contribution in [0.2, 0.25) is 0 Å². The Labute approximate surface area is 292 Å². The lowest BCUT2D eigenvalue weighted by Gasteiger charge is -2.29. The number of phenols is 1. The summed E-state index contributed by atoms with van der Waals surface area (Å²) in [6, 6.07) is 0.693. The molecule has 5 atom stereocenters. The van der Waals surface area contributed by atoms with E-state index in [1.165, 1.54) is 18.9 Å². The highest BCUT2D eigenvalue weighted by atomic mass is 32.2. The van der Waals surface area contributed by atoms with Crippen LogP contribution < -0.4 is 16.0 Å². The number of esters is 1. The maximum atomic E-state index is 13.2. The van der Waals surface area contributed by atoms with Crippen molar-refractivity contribution < 1.29 is 38.9 Å². The Morgan fingerprint density at radius 3 is 2.49 bits per heavy atom. The zero-order valence-corrected chi connectivity index (χ0v) is 29.5. The van der Waals surface area contributed by atoms with Crippen LogP contribution in [0.25, 0.3) is 0 Å². The zero-order chi connectivity index (χ0) is 35.5. The second-order valence-electron chi connectivity index (χ2n) is 12.9. The molecule has 1 aromatic rings. The van der Waals surface area contributed by atoms with E-state index in [0.29, 0.717) is 28.1 Å². The van der Waals surface area contributed by atoms with Crippen molar-refractivity contribution in [2.45, 2.75) is 101 Å². The summed E-state index contributed by atoms with van der Waals surface area (Å²) in [4.78, 5) is 51.9. The molecule has 2 heterocycles. The smallest absolute Gasteiger partial charge is 0.328 e. The number of aliphatic hydroxyl groups excluding tert-OH is 1. The standard InChI is InChI=1S/C37H49N3O8S/c1-22-17-18-27-34(44)28(20-29-35(27)49-21-32(42)40-29)39-31(41)19-26(47-4)15-11-6-5-7-12-16-30(23(2)33(22)43)48-37(46)24(3)38-36(45)25-13-9-8-10-14-25/h5-7,11-12,15,17,20,23-26,30,33,43-44H,8-10,13-14,16,18-19,21H2,1-4H3,(H,38,45)(H,39,41)(H,40,42)/b6-5+,12-7+,15-11+,22-17-/t23-,24-,26-,30-,33-/m0/s1. The molecule has 0 saturated heterocycles. The van der Waals surface area contributed by atoms with E-state index in [0.717, 1.165) is 32.1 Å². The topological polar surface area (TPSA) is 163 Å². The zero-order valence-electron chi connectivity index (χ0n) is 28.7. The van der Waals surface area contributed by atoms with E-state index in [-0.39, 0.29) is 53.7 Å². The van der Waals surface area contributed by atoms with Gasteiger partial charge in [0.05, 0.1) is 35.8 Å². The third kappa shape index (κ3) is 10.6. The van der Waals surface area contributed by atoms with Crippen LogP contribution in [-0.2, 0) is 35.1 Å². The Hall–Kier alpha value is -3.87. The first kappa shape index (κ1) is 37.9. The number of hydrogen-bond acceptors (Lipinski definition) is 9. The van der Waals surface area contributed by atoms with Crippen molar-refractivity contribution in [1.82, 2.24) is 5.32 Å². The fraction of sp³-hybridized carbons (Fsp3) is 0.514. The largest absolute Gasteiger partial charge is 0.505 e. The molecule has 0 unspecified atom stereocenters. The number of phenolic OH excluding ortho intramolecular Hbond substituents is 1. The Morgan fingerprint density at radius 2 is 1.76 bits per heavy atom. The van der Waals surface area contributed by atoms with E-state index in [1.54, 1.807) is 57.2 Å². The van der Waals surface area contributed by atoms with Crippen LogP contribution >= 0.6 is 11.8 Å². The molecule has 1 fully saturated rings. The summed E-state index contributed by atoms with van der Waals surface area (Å²) in [7, 11) is 1.50. The summed E-state index contributed by atoms with van der Waals surface area (Å²) in [6.45, 7) is 5.18. The van der Waals surface area contributed by atoms with E-state index in [2.05, 4.69) is 16.0 Å². The third-order valence-electron chi connectivity index (χ3n) is 9.23. The van der Waals surface area contributed by atoms with Crippen LogP contribution in [0.3, 0.4) is 0 Å². The molecule has 1 aromatic carbocycles. The van der Waals surface area contributed by atoms with Crippen molar-refractivity contribution in [2.75, 3.05) is 23.5 Å². The first-order chi connectivity index (χ1) is 23.5. The highest BCUT2D eigenvalue weighted by molar-refractivity contribution is 8.00. The third-order valence-corrected chi connectivity index (χ3v) is 10.4. The number of amides is 3. The van der Waals surface area contributed by atoms with Gasteiger partial charge in [-0.25, -0.2) is 4.79 Å². The van der Waals surface area contributed by atoms with Crippen molar-refractivity contribution in [3.8, 4) is 5.75 Å². The second-order valence-corrected chi connectivity index (χ2v) is 13.9. The fourth-order valence-electron chi connectivity index (χ4n) is 6.18. The van der Waals surface area contributed by atoms with Crippen LogP contribution in [-0.4, -0.2) is 71.1 Å². The van der Waals surface area contributed by atoms with Gasteiger partial charge in [0.2, 0.25) is 17.7 Å². The molecular formula is C37H49N3O8S. The van der Waals surface area contributed by atoms with E-state index >= 15 is 0 Å². The first-order valence-electron chi connectivity index (χ1n) is 17.0. The van der Waals surface area contributed by atoms with E-state index < -0.39 is 36.2 Å². The minimum Gasteiger partial charge on any atom is -0.505 e. The summed E-state index contributed by atoms with van der Waals surface area (Å²) in [5.41, 5.74) is 1.71. The van der Waals surface area contributed by atoms with Gasteiger partial charge < -0.3 is 35.6 Å². The van der Waals surface area contributed by atoms with Gasteiger partial charge in [-0.15, -0.1) is 11.8 Å². The number of carbonyl (C=O) groups excluding carboxylic acids is 4. The number of carbonyl (C=O) groups is 4. The summed E-state index contributed by atoms with van der Waals surface area (Å²) in [6.07, 6.45) is 15.5. The number of nitrogens with one attached hydrogen (secondary N) is 3. The summed E-state index contributed by atoms with van der Waals surface area (Å²) in [5, 5.41) is 31.2. The van der Waals surface area contributed by atoms with Crippen LogP contribution in [0.1, 0.15) is 71.3 Å². The molecule has 11 nitrogen and oxygen atoms in total. The molecule has 2 aliphatic heterocycles. The van der Waals surface area contributed by atoms with Crippen molar-refractivity contribution in [2.24, 2.45) is 11.8 Å². The Bertz CT molecular complexity index is 1500. The number of fused-ring (bicyclic) bond motifs is 4. The molecule has 1 aliphatic carbocycles. The molecule has 0 radical (unpaired) electrons. The van der Waals surface area contributed by atoms with Gasteiger partial charge in [-0.05, 0) is 44.7 Å². The van der Waals surface area contributed by atoms with Crippen molar-refractivity contribution in [3.05, 3.63) is 59.7 Å². The lowest BCUT2D eigenvalue weighted by molar-refractivity contribution is -0.156. The van der Waals surface area contributed by atoms with Crippen molar-refractivity contribution in [3.63, 3.8) is 0 Å². The molecule has 4 rings (SSSR count). The molecule has 2 bridgehead atoms.